The van der Waals surface area contributed by atoms with Gasteiger partial charge < -0.3 is 10.6 Å². The normalized spacial score (nSPS) is 13.1. The largest absolute Gasteiger partial charge is 0.352 e. The fourth-order valence-corrected chi connectivity index (χ4v) is 3.11. The minimum absolute atomic E-state index is 0.166. The van der Waals surface area contributed by atoms with Gasteiger partial charge in [-0.1, -0.05) is 30.3 Å². The third-order valence-corrected chi connectivity index (χ3v) is 4.90. The van der Waals surface area contributed by atoms with E-state index in [1.54, 1.807) is 6.07 Å². The minimum atomic E-state index is -0.172. The number of carbonyl (C=O) groups excluding carboxylic acids is 2. The SMILES string of the molecule is Cc1ccccc1C(=O)NCCC(=O)Nc1cccc(-c2n[nH]c(C3CC3)n2)c1. The third-order valence-electron chi connectivity index (χ3n) is 4.90. The van der Waals surface area contributed by atoms with Gasteiger partial charge in [0.2, 0.25) is 5.91 Å². The van der Waals surface area contributed by atoms with Gasteiger partial charge in [0.05, 0.1) is 0 Å². The molecule has 7 nitrogen and oxygen atoms in total. The van der Waals surface area contributed by atoms with E-state index in [-0.39, 0.29) is 24.8 Å². The van der Waals surface area contributed by atoms with Crippen molar-refractivity contribution in [1.82, 2.24) is 20.5 Å². The first-order chi connectivity index (χ1) is 14.1. The molecule has 0 unspecified atom stereocenters. The molecule has 1 aliphatic rings. The Labute approximate surface area is 168 Å². The van der Waals surface area contributed by atoms with Gasteiger partial charge in [-0.15, -0.1) is 0 Å². The molecule has 7 heteroatoms. The van der Waals surface area contributed by atoms with Crippen LogP contribution in [0.25, 0.3) is 11.4 Å². The standard InChI is InChI=1S/C22H23N5O2/c1-14-5-2-3-8-18(14)22(29)23-12-11-19(28)24-17-7-4-6-16(13-17)21-25-20(26-27-21)15-9-10-15/h2-8,13,15H,9-12H2,1H3,(H,23,29)(H,24,28)(H,25,26,27). The van der Waals surface area contributed by atoms with Crippen molar-refractivity contribution in [2.24, 2.45) is 0 Å². The second-order valence-electron chi connectivity index (χ2n) is 7.27. The molecule has 0 radical (unpaired) electrons. The molecule has 3 N–H and O–H groups in total. The summed E-state index contributed by atoms with van der Waals surface area (Å²) in [7, 11) is 0. The van der Waals surface area contributed by atoms with Gasteiger partial charge in [0.15, 0.2) is 5.82 Å². The highest BCUT2D eigenvalue weighted by Gasteiger charge is 2.27. The second-order valence-corrected chi connectivity index (χ2v) is 7.27. The second kappa shape index (κ2) is 8.26. The van der Waals surface area contributed by atoms with E-state index in [1.807, 2.05) is 49.4 Å². The van der Waals surface area contributed by atoms with E-state index < -0.39 is 0 Å². The number of nitrogens with one attached hydrogen (secondary N) is 3. The van der Waals surface area contributed by atoms with E-state index >= 15 is 0 Å². The van der Waals surface area contributed by atoms with Gasteiger partial charge in [-0.3, -0.25) is 14.7 Å². The van der Waals surface area contributed by atoms with Gasteiger partial charge in [0.25, 0.3) is 5.91 Å². The molecule has 0 saturated heterocycles. The fourth-order valence-electron chi connectivity index (χ4n) is 3.11. The summed E-state index contributed by atoms with van der Waals surface area (Å²) in [6.45, 7) is 2.15. The number of aromatic nitrogens is 3. The third kappa shape index (κ3) is 4.68. The number of nitrogens with zero attached hydrogens (tertiary/aromatic N) is 2. The molecule has 1 heterocycles. The molecule has 0 atom stereocenters. The topological polar surface area (TPSA) is 99.8 Å². The summed E-state index contributed by atoms with van der Waals surface area (Å²) in [5.41, 5.74) is 3.05. The highest BCUT2D eigenvalue weighted by Crippen LogP contribution is 2.38. The van der Waals surface area contributed by atoms with Gasteiger partial charge in [0, 0.05) is 35.7 Å². The summed E-state index contributed by atoms with van der Waals surface area (Å²) in [4.78, 5) is 29.0. The number of amides is 2. The van der Waals surface area contributed by atoms with Gasteiger partial charge >= 0.3 is 0 Å². The van der Waals surface area contributed by atoms with Crippen LogP contribution in [0.3, 0.4) is 0 Å². The Morgan fingerprint density at radius 3 is 2.76 bits per heavy atom. The number of H-pyrrole nitrogens is 1. The smallest absolute Gasteiger partial charge is 0.251 e. The van der Waals surface area contributed by atoms with Crippen molar-refractivity contribution in [3.05, 3.63) is 65.5 Å². The van der Waals surface area contributed by atoms with Crippen LogP contribution in [0.1, 0.15) is 46.9 Å². The number of aryl methyl sites for hydroxylation is 1. The Morgan fingerprint density at radius 2 is 1.97 bits per heavy atom. The molecule has 0 bridgehead atoms. The first kappa shape index (κ1) is 18.9. The highest BCUT2D eigenvalue weighted by atomic mass is 16.2. The van der Waals surface area contributed by atoms with Crippen molar-refractivity contribution in [2.45, 2.75) is 32.1 Å². The average Bonchev–Trinajstić information content (AvgIpc) is 3.45. The Balaban J connectivity index is 1.30. The Hall–Kier alpha value is -3.48. The molecule has 3 aromatic rings. The predicted octanol–water partition coefficient (Wildman–Crippen LogP) is 3.42. The van der Waals surface area contributed by atoms with Crippen molar-refractivity contribution < 1.29 is 9.59 Å². The lowest BCUT2D eigenvalue weighted by molar-refractivity contribution is -0.116. The molecule has 1 fully saturated rings. The van der Waals surface area contributed by atoms with Crippen LogP contribution in [0.15, 0.2) is 48.5 Å². The molecular weight excluding hydrogens is 366 g/mol. The Morgan fingerprint density at radius 1 is 1.14 bits per heavy atom. The van der Waals surface area contributed by atoms with Crippen molar-refractivity contribution in [3.63, 3.8) is 0 Å². The number of rotatable bonds is 7. The first-order valence-corrected chi connectivity index (χ1v) is 9.76. The average molecular weight is 389 g/mol. The number of aromatic amines is 1. The minimum Gasteiger partial charge on any atom is -0.352 e. The summed E-state index contributed by atoms with van der Waals surface area (Å²) in [6, 6.07) is 14.8. The lowest BCUT2D eigenvalue weighted by Crippen LogP contribution is -2.28. The van der Waals surface area contributed by atoms with E-state index in [0.29, 0.717) is 23.0 Å². The maximum atomic E-state index is 12.2. The van der Waals surface area contributed by atoms with Gasteiger partial charge in [-0.05, 0) is 43.5 Å². The summed E-state index contributed by atoms with van der Waals surface area (Å²) in [6.07, 6.45) is 2.50. The fraction of sp³-hybridized carbons (Fsp3) is 0.273. The molecule has 4 rings (SSSR count). The van der Waals surface area contributed by atoms with E-state index in [0.717, 1.165) is 29.8 Å². The molecule has 1 aliphatic carbocycles. The highest BCUT2D eigenvalue weighted by molar-refractivity contribution is 5.96. The van der Waals surface area contributed by atoms with Crippen LogP contribution >= 0.6 is 0 Å². The predicted molar refractivity (Wildman–Crippen MR) is 111 cm³/mol. The molecule has 0 spiro atoms. The lowest BCUT2D eigenvalue weighted by atomic mass is 10.1. The van der Waals surface area contributed by atoms with Crippen LogP contribution < -0.4 is 10.6 Å². The molecule has 148 valence electrons. The number of benzene rings is 2. The number of carbonyl (C=O) groups is 2. The monoisotopic (exact) mass is 389 g/mol. The maximum Gasteiger partial charge on any atom is 0.251 e. The van der Waals surface area contributed by atoms with E-state index in [4.69, 9.17) is 0 Å². The summed E-state index contributed by atoms with van der Waals surface area (Å²) >= 11 is 0. The Bertz CT molecular complexity index is 1040. The summed E-state index contributed by atoms with van der Waals surface area (Å²) in [5, 5.41) is 12.9. The molecule has 1 saturated carbocycles. The zero-order valence-electron chi connectivity index (χ0n) is 16.2. The van der Waals surface area contributed by atoms with Crippen LogP contribution in [0.4, 0.5) is 5.69 Å². The maximum absolute atomic E-state index is 12.2. The lowest BCUT2D eigenvalue weighted by Gasteiger charge is -2.09. The van der Waals surface area contributed by atoms with Crippen molar-refractivity contribution >= 4 is 17.5 Å². The van der Waals surface area contributed by atoms with E-state index in [9.17, 15) is 9.59 Å². The van der Waals surface area contributed by atoms with E-state index in [2.05, 4.69) is 25.8 Å². The van der Waals surface area contributed by atoms with E-state index in [1.165, 1.54) is 0 Å². The summed E-state index contributed by atoms with van der Waals surface area (Å²) < 4.78 is 0. The first-order valence-electron chi connectivity index (χ1n) is 9.76. The van der Waals surface area contributed by atoms with Crippen LogP contribution in [0.5, 0.6) is 0 Å². The number of anilines is 1. The van der Waals surface area contributed by atoms with Gasteiger partial charge in [-0.2, -0.15) is 5.10 Å². The van der Waals surface area contributed by atoms with Crippen LogP contribution in [-0.4, -0.2) is 33.5 Å². The van der Waals surface area contributed by atoms with Crippen LogP contribution in [-0.2, 0) is 4.79 Å². The number of hydrogen-bond acceptors (Lipinski definition) is 4. The van der Waals surface area contributed by atoms with Gasteiger partial charge in [-0.25, -0.2) is 4.98 Å². The van der Waals surface area contributed by atoms with Crippen molar-refractivity contribution in [3.8, 4) is 11.4 Å². The molecule has 29 heavy (non-hydrogen) atoms. The quantitative estimate of drug-likeness (QED) is 0.576. The molecule has 0 aliphatic heterocycles. The molecule has 1 aromatic heterocycles. The molecule has 2 aromatic carbocycles. The zero-order valence-corrected chi connectivity index (χ0v) is 16.2. The summed E-state index contributed by atoms with van der Waals surface area (Å²) in [5.74, 6) is 1.73. The number of hydrogen-bond donors (Lipinski definition) is 3. The molecule has 2 amide bonds. The van der Waals surface area contributed by atoms with Crippen molar-refractivity contribution in [1.29, 1.82) is 0 Å². The molecular formula is C22H23N5O2. The van der Waals surface area contributed by atoms with Crippen LogP contribution in [0, 0.1) is 6.92 Å². The Kier molecular flexibility index (Phi) is 5.37. The van der Waals surface area contributed by atoms with Gasteiger partial charge in [0.1, 0.15) is 5.82 Å². The van der Waals surface area contributed by atoms with Crippen LogP contribution in [0.2, 0.25) is 0 Å². The van der Waals surface area contributed by atoms with Crippen molar-refractivity contribution in [2.75, 3.05) is 11.9 Å². The zero-order chi connectivity index (χ0) is 20.2.